The average molecular weight is 661 g/mol. The topological polar surface area (TPSA) is 44.9 Å². The number of rotatable bonds is 10. The Kier molecular flexibility index (Phi) is 9.09. The van der Waals surface area contributed by atoms with E-state index in [1.807, 2.05) is 12.3 Å². The van der Waals surface area contributed by atoms with Crippen LogP contribution >= 0.6 is 0 Å². The van der Waals surface area contributed by atoms with E-state index in [4.69, 9.17) is 14.8 Å². The average Bonchev–Trinajstić information content (AvgIpc) is 3.58. The minimum Gasteiger partial charge on any atom is -0.457 e. The SMILES string of the molecule is CCCCCCc1ccc2c(c1)c1ccc(Oc3cc(-n4nc(C)c(-c5ccccc5)c4C)cc(C(C)(C)C)c3)cc1n2-c1cc(C)ccn1. The molecule has 5 nitrogen and oxygen atoms in total. The van der Waals surface area contributed by atoms with Gasteiger partial charge in [-0.15, -0.1) is 0 Å². The fourth-order valence-corrected chi connectivity index (χ4v) is 7.16. The maximum atomic E-state index is 6.78. The second-order valence-corrected chi connectivity index (χ2v) is 14.8. The maximum Gasteiger partial charge on any atom is 0.137 e. The third kappa shape index (κ3) is 6.57. The molecule has 7 aromatic rings. The molecule has 3 heterocycles. The fraction of sp³-hybridized carbons (Fsp3) is 0.289. The van der Waals surface area contributed by atoms with Gasteiger partial charge in [-0.2, -0.15) is 5.10 Å². The molecule has 0 aliphatic carbocycles. The second-order valence-electron chi connectivity index (χ2n) is 14.8. The Balaban J connectivity index is 1.32. The molecule has 0 aliphatic heterocycles. The Bertz CT molecular complexity index is 2300. The van der Waals surface area contributed by atoms with Crippen LogP contribution in [0.4, 0.5) is 0 Å². The number of pyridine rings is 1. The first kappa shape index (κ1) is 33.3. The molecule has 7 rings (SSSR count). The Hall–Kier alpha value is -5.16. The third-order valence-corrected chi connectivity index (χ3v) is 9.84. The summed E-state index contributed by atoms with van der Waals surface area (Å²) in [4.78, 5) is 4.82. The zero-order valence-corrected chi connectivity index (χ0v) is 30.5. The molecule has 0 radical (unpaired) electrons. The molecule has 3 aromatic heterocycles. The van der Waals surface area contributed by atoms with Crippen molar-refractivity contribution in [3.63, 3.8) is 0 Å². The molecule has 0 atom stereocenters. The number of ether oxygens (including phenoxy) is 1. The summed E-state index contributed by atoms with van der Waals surface area (Å²) < 4.78 is 11.1. The normalized spacial score (nSPS) is 11.9. The molecule has 4 aromatic carbocycles. The van der Waals surface area contributed by atoms with Gasteiger partial charge in [-0.3, -0.25) is 4.57 Å². The van der Waals surface area contributed by atoms with E-state index >= 15 is 0 Å². The van der Waals surface area contributed by atoms with Gasteiger partial charge in [0.25, 0.3) is 0 Å². The predicted molar refractivity (Wildman–Crippen MR) is 208 cm³/mol. The van der Waals surface area contributed by atoms with Crippen LogP contribution in [0.1, 0.15) is 81.5 Å². The van der Waals surface area contributed by atoms with Crippen molar-refractivity contribution in [2.45, 2.75) is 86.0 Å². The van der Waals surface area contributed by atoms with E-state index in [0.29, 0.717) is 0 Å². The first-order valence-electron chi connectivity index (χ1n) is 18.1. The number of unbranched alkanes of at least 4 members (excludes halogenated alkanes) is 3. The highest BCUT2D eigenvalue weighted by Crippen LogP contribution is 2.38. The van der Waals surface area contributed by atoms with Crippen LogP contribution in [-0.2, 0) is 11.8 Å². The minimum absolute atomic E-state index is 0.0893. The molecule has 0 aliphatic rings. The van der Waals surface area contributed by atoms with Gasteiger partial charge in [0.15, 0.2) is 0 Å². The summed E-state index contributed by atoms with van der Waals surface area (Å²) in [5.41, 5.74) is 11.3. The monoisotopic (exact) mass is 660 g/mol. The van der Waals surface area contributed by atoms with E-state index in [-0.39, 0.29) is 5.41 Å². The summed E-state index contributed by atoms with van der Waals surface area (Å²) in [5, 5.41) is 7.48. The fourth-order valence-electron chi connectivity index (χ4n) is 7.16. The zero-order valence-electron chi connectivity index (χ0n) is 30.5. The van der Waals surface area contributed by atoms with Crippen molar-refractivity contribution in [2.75, 3.05) is 0 Å². The van der Waals surface area contributed by atoms with E-state index in [1.54, 1.807) is 0 Å². The van der Waals surface area contributed by atoms with Crippen molar-refractivity contribution < 1.29 is 4.74 Å². The number of aryl methyl sites for hydroxylation is 3. The highest BCUT2D eigenvalue weighted by molar-refractivity contribution is 6.09. The van der Waals surface area contributed by atoms with Gasteiger partial charge >= 0.3 is 0 Å². The highest BCUT2D eigenvalue weighted by Gasteiger charge is 2.21. The lowest BCUT2D eigenvalue weighted by Gasteiger charge is -2.22. The van der Waals surface area contributed by atoms with Crippen LogP contribution in [0.2, 0.25) is 0 Å². The minimum atomic E-state index is -0.0893. The largest absolute Gasteiger partial charge is 0.457 e. The molecule has 0 bridgehead atoms. The van der Waals surface area contributed by atoms with Crippen molar-refractivity contribution in [1.82, 2.24) is 19.3 Å². The van der Waals surface area contributed by atoms with Crippen LogP contribution in [0.3, 0.4) is 0 Å². The van der Waals surface area contributed by atoms with Crippen molar-refractivity contribution in [2.24, 2.45) is 0 Å². The Morgan fingerprint density at radius 3 is 2.30 bits per heavy atom. The number of hydrogen-bond acceptors (Lipinski definition) is 3. The summed E-state index contributed by atoms with van der Waals surface area (Å²) in [6.45, 7) is 15.3. The molecule has 0 amide bonds. The molecule has 0 N–H and O–H groups in total. The standard InChI is InChI=1S/C45H48N4O/c1-8-9-10-12-15-33-18-21-41-40(25-33)39-20-19-37(29-42(39)48(41)43-24-30(2)22-23-46-43)50-38-27-35(45(5,6)7)26-36(28-38)49-32(4)44(31(3)47-49)34-16-13-11-14-17-34/h11,13-14,16-29H,8-10,12,15H2,1-7H3. The van der Waals surface area contributed by atoms with Gasteiger partial charge in [0.1, 0.15) is 17.3 Å². The van der Waals surface area contributed by atoms with E-state index < -0.39 is 0 Å². The molecule has 5 heteroatoms. The molecular formula is C45H48N4O. The third-order valence-electron chi connectivity index (χ3n) is 9.84. The predicted octanol–water partition coefficient (Wildman–Crippen LogP) is 12.2. The van der Waals surface area contributed by atoms with Crippen LogP contribution in [0.15, 0.2) is 103 Å². The lowest BCUT2D eigenvalue weighted by molar-refractivity contribution is 0.478. The van der Waals surface area contributed by atoms with Crippen LogP contribution in [0.25, 0.3) is 44.4 Å². The molecule has 254 valence electrons. The van der Waals surface area contributed by atoms with Crippen LogP contribution in [0, 0.1) is 20.8 Å². The lowest BCUT2D eigenvalue weighted by Crippen LogP contribution is -2.12. The first-order chi connectivity index (χ1) is 24.1. The van der Waals surface area contributed by atoms with Crippen LogP contribution < -0.4 is 4.74 Å². The van der Waals surface area contributed by atoms with E-state index in [2.05, 4.69) is 149 Å². The summed E-state index contributed by atoms with van der Waals surface area (Å²) in [6, 6.07) is 34.7. The molecule has 50 heavy (non-hydrogen) atoms. The zero-order chi connectivity index (χ0) is 35.0. The lowest BCUT2D eigenvalue weighted by atomic mass is 9.86. The van der Waals surface area contributed by atoms with Crippen LogP contribution in [0.5, 0.6) is 11.5 Å². The van der Waals surface area contributed by atoms with Gasteiger partial charge in [0.2, 0.25) is 0 Å². The maximum absolute atomic E-state index is 6.78. The number of fused-ring (bicyclic) bond motifs is 3. The molecular weight excluding hydrogens is 613 g/mol. The highest BCUT2D eigenvalue weighted by atomic mass is 16.5. The Morgan fingerprint density at radius 1 is 0.720 bits per heavy atom. The first-order valence-corrected chi connectivity index (χ1v) is 18.1. The number of nitrogens with zero attached hydrogens (tertiary/aromatic N) is 4. The van der Waals surface area contributed by atoms with Crippen molar-refractivity contribution in [1.29, 1.82) is 0 Å². The van der Waals surface area contributed by atoms with Gasteiger partial charge < -0.3 is 4.74 Å². The summed E-state index contributed by atoms with van der Waals surface area (Å²) in [6.07, 6.45) is 8.03. The Labute approximate surface area is 296 Å². The summed E-state index contributed by atoms with van der Waals surface area (Å²) in [5.74, 6) is 2.48. The molecule has 0 fully saturated rings. The van der Waals surface area contributed by atoms with Gasteiger partial charge in [0.05, 0.1) is 22.4 Å². The smallest absolute Gasteiger partial charge is 0.137 e. The quantitative estimate of drug-likeness (QED) is 0.137. The van der Waals surface area contributed by atoms with Gasteiger partial charge in [0, 0.05) is 40.4 Å². The number of aromatic nitrogens is 4. The molecule has 0 saturated heterocycles. The molecule has 0 spiro atoms. The summed E-state index contributed by atoms with van der Waals surface area (Å²) in [7, 11) is 0. The second kappa shape index (κ2) is 13.6. The number of benzene rings is 4. The Morgan fingerprint density at radius 2 is 1.54 bits per heavy atom. The molecule has 0 unspecified atom stereocenters. The number of hydrogen-bond donors (Lipinski definition) is 0. The van der Waals surface area contributed by atoms with E-state index in [1.165, 1.54) is 64.3 Å². The van der Waals surface area contributed by atoms with Crippen LogP contribution in [-0.4, -0.2) is 19.3 Å². The molecule has 0 saturated carbocycles. The van der Waals surface area contributed by atoms with E-state index in [0.717, 1.165) is 51.8 Å². The van der Waals surface area contributed by atoms with Gasteiger partial charge in [-0.25, -0.2) is 9.67 Å². The van der Waals surface area contributed by atoms with Crippen molar-refractivity contribution in [3.8, 4) is 34.1 Å². The van der Waals surface area contributed by atoms with E-state index in [9.17, 15) is 0 Å². The van der Waals surface area contributed by atoms with Crippen molar-refractivity contribution >= 4 is 21.8 Å². The van der Waals surface area contributed by atoms with Gasteiger partial charge in [-0.1, -0.05) is 83.4 Å². The van der Waals surface area contributed by atoms with Crippen molar-refractivity contribution in [3.05, 3.63) is 131 Å². The summed E-state index contributed by atoms with van der Waals surface area (Å²) >= 11 is 0. The van der Waals surface area contributed by atoms with Gasteiger partial charge in [-0.05, 0) is 110 Å².